The van der Waals surface area contributed by atoms with Gasteiger partial charge in [0, 0.05) is 0 Å². The van der Waals surface area contributed by atoms with Crippen LogP contribution < -0.4 is 5.73 Å². The lowest BCUT2D eigenvalue weighted by molar-refractivity contribution is -0.0558. The number of aliphatic hydroxyl groups is 2. The van der Waals surface area contributed by atoms with Gasteiger partial charge in [0.15, 0.2) is 5.82 Å². The monoisotopic (exact) mass is 298 g/mol. The minimum atomic E-state index is -1.09. The van der Waals surface area contributed by atoms with Crippen molar-refractivity contribution in [2.45, 2.75) is 30.8 Å². The number of anilines is 1. The van der Waals surface area contributed by atoms with Gasteiger partial charge >= 0.3 is 0 Å². The van der Waals surface area contributed by atoms with Crippen LogP contribution >= 0.6 is 11.6 Å². The number of fused-ring (bicyclic) bond motifs is 1. The Morgan fingerprint density at radius 1 is 1.50 bits per heavy atom. The maximum atomic E-state index is 10.2. The maximum Gasteiger partial charge on any atom is 0.151 e. The Hall–Kier alpha value is -1.41. The number of ether oxygens (including phenoxy) is 1. The van der Waals surface area contributed by atoms with Crippen molar-refractivity contribution in [3.63, 3.8) is 0 Å². The Balaban J connectivity index is 2.06. The first-order valence-electron chi connectivity index (χ1n) is 6.16. The molecule has 0 amide bonds. The second kappa shape index (κ2) is 4.56. The molecule has 4 atom stereocenters. The number of nitrogens with zero attached hydrogens (tertiary/aromatic N) is 3. The molecular formula is C12H15ClN4O3. The van der Waals surface area contributed by atoms with Crippen LogP contribution in [0.25, 0.3) is 5.52 Å². The van der Waals surface area contributed by atoms with Gasteiger partial charge in [0.05, 0.1) is 11.6 Å². The smallest absolute Gasteiger partial charge is 0.151 e. The van der Waals surface area contributed by atoms with Gasteiger partial charge in [0.2, 0.25) is 0 Å². The first-order chi connectivity index (χ1) is 9.48. The van der Waals surface area contributed by atoms with Crippen molar-refractivity contribution in [3.05, 3.63) is 24.2 Å². The normalized spacial score (nSPS) is 33.9. The summed E-state index contributed by atoms with van der Waals surface area (Å²) < 4.78 is 7.31. The highest BCUT2D eigenvalue weighted by molar-refractivity contribution is 6.18. The number of halogens is 1. The van der Waals surface area contributed by atoms with Crippen LogP contribution in [0.5, 0.6) is 0 Å². The molecule has 1 fully saturated rings. The predicted octanol–water partition coefficient (Wildman–Crippen LogP) is 0.102. The topological polar surface area (TPSA) is 106 Å². The fraction of sp³-hybridized carbons (Fsp3) is 0.500. The summed E-state index contributed by atoms with van der Waals surface area (Å²) in [7, 11) is 0. The molecule has 20 heavy (non-hydrogen) atoms. The molecule has 1 saturated heterocycles. The van der Waals surface area contributed by atoms with E-state index in [1.807, 2.05) is 0 Å². The summed E-state index contributed by atoms with van der Waals surface area (Å²) in [5, 5.41) is 24.4. The van der Waals surface area contributed by atoms with Gasteiger partial charge in [-0.25, -0.2) is 9.50 Å². The summed E-state index contributed by atoms with van der Waals surface area (Å²) in [6.45, 7) is 1.66. The van der Waals surface area contributed by atoms with Gasteiger partial charge in [0.25, 0.3) is 0 Å². The van der Waals surface area contributed by atoms with Crippen LogP contribution in [-0.4, -0.2) is 48.5 Å². The Bertz CT molecular complexity index is 649. The van der Waals surface area contributed by atoms with Gasteiger partial charge in [-0.3, -0.25) is 0 Å². The van der Waals surface area contributed by atoms with E-state index in [0.29, 0.717) is 17.0 Å². The summed E-state index contributed by atoms with van der Waals surface area (Å²) in [5.41, 5.74) is 5.97. The van der Waals surface area contributed by atoms with Crippen LogP contribution in [0, 0.1) is 0 Å². The Morgan fingerprint density at radius 3 is 2.90 bits per heavy atom. The summed E-state index contributed by atoms with van der Waals surface area (Å²) in [4.78, 5) is 3.90. The lowest BCUT2D eigenvalue weighted by Crippen LogP contribution is -2.41. The molecule has 8 heteroatoms. The van der Waals surface area contributed by atoms with E-state index in [0.717, 1.165) is 0 Å². The molecule has 2 aromatic heterocycles. The molecule has 0 unspecified atom stereocenters. The molecule has 4 N–H and O–H groups in total. The minimum absolute atomic E-state index is 0.0716. The molecule has 7 nitrogen and oxygen atoms in total. The number of rotatable bonds is 2. The van der Waals surface area contributed by atoms with Crippen LogP contribution in [0.15, 0.2) is 18.5 Å². The van der Waals surface area contributed by atoms with Gasteiger partial charge < -0.3 is 20.7 Å². The SMILES string of the molecule is C[C@@]1(CCl)O[C@@H](c2ccc3c(N)ncnn23)[C@H](O)[C@@H]1O. The molecule has 1 aliphatic rings. The standard InChI is InChI=1S/C12H15ClN4O3/c1-12(4-13)10(19)8(18)9(20-12)6-2-3-7-11(14)15-5-16-17(6)7/h2-3,5,8-10,18-19H,4H2,1H3,(H2,14,15,16)/t8-,9-,10-,12-/m0/s1. The van der Waals surface area contributed by atoms with E-state index >= 15 is 0 Å². The van der Waals surface area contributed by atoms with E-state index < -0.39 is 23.9 Å². The van der Waals surface area contributed by atoms with Crippen molar-refractivity contribution in [1.82, 2.24) is 14.6 Å². The molecular weight excluding hydrogens is 284 g/mol. The molecule has 2 aromatic rings. The van der Waals surface area contributed by atoms with Crippen molar-refractivity contribution in [3.8, 4) is 0 Å². The second-order valence-electron chi connectivity index (χ2n) is 5.12. The predicted molar refractivity (Wildman–Crippen MR) is 72.4 cm³/mol. The summed E-state index contributed by atoms with van der Waals surface area (Å²) in [6, 6.07) is 3.48. The van der Waals surface area contributed by atoms with Crippen LogP contribution in [0.1, 0.15) is 18.7 Å². The zero-order valence-electron chi connectivity index (χ0n) is 10.8. The van der Waals surface area contributed by atoms with E-state index in [2.05, 4.69) is 10.1 Å². The van der Waals surface area contributed by atoms with E-state index in [4.69, 9.17) is 22.1 Å². The number of hydrogen-bond donors (Lipinski definition) is 3. The third-order valence-electron chi connectivity index (χ3n) is 3.72. The molecule has 0 bridgehead atoms. The Morgan fingerprint density at radius 2 is 2.25 bits per heavy atom. The van der Waals surface area contributed by atoms with Crippen molar-refractivity contribution in [1.29, 1.82) is 0 Å². The lowest BCUT2D eigenvalue weighted by atomic mass is 9.98. The average molecular weight is 299 g/mol. The Kier molecular flexibility index (Phi) is 3.09. The van der Waals surface area contributed by atoms with Gasteiger partial charge in [0.1, 0.15) is 35.8 Å². The molecule has 3 rings (SSSR count). The fourth-order valence-electron chi connectivity index (χ4n) is 2.49. The molecule has 0 radical (unpaired) electrons. The molecule has 1 aliphatic heterocycles. The Labute approximate surface area is 119 Å². The number of nitrogens with two attached hydrogens (primary N) is 1. The average Bonchev–Trinajstić information content (AvgIpc) is 2.96. The van der Waals surface area contributed by atoms with Gasteiger partial charge in [-0.15, -0.1) is 11.6 Å². The van der Waals surface area contributed by atoms with E-state index in [9.17, 15) is 10.2 Å². The fourth-order valence-corrected chi connectivity index (χ4v) is 2.71. The zero-order valence-corrected chi connectivity index (χ0v) is 11.5. The zero-order chi connectivity index (χ0) is 14.5. The molecule has 108 valence electrons. The van der Waals surface area contributed by atoms with Gasteiger partial charge in [-0.05, 0) is 19.1 Å². The van der Waals surface area contributed by atoms with E-state index in [-0.39, 0.29) is 5.88 Å². The molecule has 0 aromatic carbocycles. The minimum Gasteiger partial charge on any atom is -0.387 e. The lowest BCUT2D eigenvalue weighted by Gasteiger charge is -2.24. The van der Waals surface area contributed by atoms with Gasteiger partial charge in [-0.1, -0.05) is 0 Å². The number of hydrogen-bond acceptors (Lipinski definition) is 6. The maximum absolute atomic E-state index is 10.2. The van der Waals surface area contributed by atoms with Crippen molar-refractivity contribution in [2.75, 3.05) is 11.6 Å². The third-order valence-corrected chi connectivity index (χ3v) is 4.25. The summed E-state index contributed by atoms with van der Waals surface area (Å²) in [5.74, 6) is 0.404. The van der Waals surface area contributed by atoms with Crippen molar-refractivity contribution in [2.24, 2.45) is 0 Å². The van der Waals surface area contributed by atoms with Crippen LogP contribution in [0.3, 0.4) is 0 Å². The van der Waals surface area contributed by atoms with E-state index in [1.165, 1.54) is 6.33 Å². The number of aromatic nitrogens is 3. The van der Waals surface area contributed by atoms with Crippen LogP contribution in [-0.2, 0) is 4.74 Å². The molecule has 0 spiro atoms. The quantitative estimate of drug-likeness (QED) is 0.679. The summed E-state index contributed by atoms with van der Waals surface area (Å²) in [6.07, 6.45) is -1.57. The molecule has 3 heterocycles. The van der Waals surface area contributed by atoms with Crippen molar-refractivity contribution >= 4 is 22.9 Å². The first-order valence-corrected chi connectivity index (χ1v) is 6.69. The first kappa shape index (κ1) is 13.6. The third kappa shape index (κ3) is 1.78. The van der Waals surface area contributed by atoms with Gasteiger partial charge in [-0.2, -0.15) is 5.10 Å². The second-order valence-corrected chi connectivity index (χ2v) is 5.39. The summed E-state index contributed by atoms with van der Waals surface area (Å²) >= 11 is 5.83. The highest BCUT2D eigenvalue weighted by Gasteiger charge is 2.51. The molecule has 0 saturated carbocycles. The van der Waals surface area contributed by atoms with Crippen molar-refractivity contribution < 1.29 is 14.9 Å². The molecule has 0 aliphatic carbocycles. The number of alkyl halides is 1. The number of aliphatic hydroxyl groups excluding tert-OH is 2. The van der Waals surface area contributed by atoms with Crippen LogP contribution in [0.2, 0.25) is 0 Å². The largest absolute Gasteiger partial charge is 0.387 e. The van der Waals surface area contributed by atoms with Crippen LogP contribution in [0.4, 0.5) is 5.82 Å². The highest BCUT2D eigenvalue weighted by Crippen LogP contribution is 2.40. The van der Waals surface area contributed by atoms with E-state index in [1.54, 1.807) is 23.6 Å². The highest BCUT2D eigenvalue weighted by atomic mass is 35.5. The number of nitrogen functional groups attached to an aromatic ring is 1.